The molecule has 0 spiro atoms. The number of carboxylic acid groups (broad SMARTS) is 1. The number of halogens is 1. The zero-order valence-corrected chi connectivity index (χ0v) is 10.1. The van der Waals surface area contributed by atoms with E-state index in [1.807, 2.05) is 12.1 Å². The maximum absolute atomic E-state index is 11.5. The summed E-state index contributed by atoms with van der Waals surface area (Å²) in [5.74, 6) is -1.42. The first-order valence-electron chi connectivity index (χ1n) is 5.31. The van der Waals surface area contributed by atoms with Gasteiger partial charge in [-0.05, 0) is 17.7 Å². The Kier molecular flexibility index (Phi) is 3.53. The average molecular weight is 267 g/mol. The number of hydrogen-bond donors (Lipinski definition) is 3. The number of hydrogen-bond acceptors (Lipinski definition) is 2. The molecule has 0 radical (unpaired) electrons. The van der Waals surface area contributed by atoms with Crippen LogP contribution in [0.3, 0.4) is 0 Å². The van der Waals surface area contributed by atoms with Gasteiger partial charge >= 0.3 is 5.97 Å². The molecule has 18 heavy (non-hydrogen) atoms. The van der Waals surface area contributed by atoms with Crippen LogP contribution in [0.25, 0.3) is 10.9 Å². The summed E-state index contributed by atoms with van der Waals surface area (Å²) in [6, 6.07) is 5.42. The van der Waals surface area contributed by atoms with E-state index < -0.39 is 5.97 Å². The van der Waals surface area contributed by atoms with Gasteiger partial charge in [-0.25, -0.2) is 0 Å². The number of fused-ring (bicyclic) bond motifs is 1. The second-order valence-electron chi connectivity index (χ2n) is 3.82. The molecule has 0 saturated heterocycles. The Morgan fingerprint density at radius 2 is 2.17 bits per heavy atom. The normalized spacial score (nSPS) is 10.5. The number of aromatic amines is 1. The van der Waals surface area contributed by atoms with E-state index in [4.69, 9.17) is 16.7 Å². The number of H-pyrrole nitrogens is 1. The number of benzene rings is 1. The Morgan fingerprint density at radius 3 is 2.89 bits per heavy atom. The maximum Gasteiger partial charge on any atom is 0.322 e. The number of aliphatic carboxylic acids is 1. The van der Waals surface area contributed by atoms with Gasteiger partial charge in [0.05, 0.1) is 11.4 Å². The summed E-state index contributed by atoms with van der Waals surface area (Å²) in [6.07, 6.45) is 1.80. The van der Waals surface area contributed by atoms with Crippen molar-refractivity contribution in [3.8, 4) is 0 Å². The van der Waals surface area contributed by atoms with Crippen LogP contribution in [0.15, 0.2) is 24.4 Å². The van der Waals surface area contributed by atoms with Crippen LogP contribution in [0.2, 0.25) is 5.02 Å². The third kappa shape index (κ3) is 2.62. The zero-order valence-electron chi connectivity index (χ0n) is 9.37. The summed E-state index contributed by atoms with van der Waals surface area (Å²) in [7, 11) is 0. The fourth-order valence-electron chi connectivity index (χ4n) is 1.76. The Labute approximate surface area is 108 Å². The van der Waals surface area contributed by atoms with Gasteiger partial charge in [-0.1, -0.05) is 17.7 Å². The van der Waals surface area contributed by atoms with Gasteiger partial charge in [0.2, 0.25) is 5.91 Å². The molecule has 0 unspecified atom stereocenters. The van der Waals surface area contributed by atoms with Crippen LogP contribution in [-0.4, -0.2) is 28.5 Å². The van der Waals surface area contributed by atoms with Crippen LogP contribution in [0.1, 0.15) is 5.56 Å². The second-order valence-corrected chi connectivity index (χ2v) is 4.23. The van der Waals surface area contributed by atoms with Gasteiger partial charge in [-0.15, -0.1) is 0 Å². The molecule has 3 N–H and O–H groups in total. The molecular formula is C12H11ClN2O3. The predicted octanol–water partition coefficient (Wildman–Crippen LogP) is 1.56. The Balaban J connectivity index is 2.17. The summed E-state index contributed by atoms with van der Waals surface area (Å²) in [5.41, 5.74) is 1.60. The highest BCUT2D eigenvalue weighted by atomic mass is 35.5. The summed E-state index contributed by atoms with van der Waals surface area (Å²) < 4.78 is 0. The molecule has 0 fully saturated rings. The van der Waals surface area contributed by atoms with Crippen LogP contribution in [0, 0.1) is 0 Å². The van der Waals surface area contributed by atoms with Crippen molar-refractivity contribution in [1.29, 1.82) is 0 Å². The van der Waals surface area contributed by atoms with Gasteiger partial charge in [-0.2, -0.15) is 0 Å². The SMILES string of the molecule is O=C(O)CNC(=O)Cc1c[nH]c2cccc(Cl)c12. The summed E-state index contributed by atoms with van der Waals surface area (Å²) in [5, 5.41) is 12.1. The molecule has 0 bridgehead atoms. The molecule has 0 aliphatic carbocycles. The van der Waals surface area contributed by atoms with Crippen molar-refractivity contribution in [3.05, 3.63) is 35.0 Å². The Morgan fingerprint density at radius 1 is 1.39 bits per heavy atom. The lowest BCUT2D eigenvalue weighted by Crippen LogP contribution is -2.30. The minimum absolute atomic E-state index is 0.0943. The first kappa shape index (κ1) is 12.4. The third-order valence-corrected chi connectivity index (χ3v) is 2.84. The van der Waals surface area contributed by atoms with Crippen molar-refractivity contribution < 1.29 is 14.7 Å². The molecule has 94 valence electrons. The third-order valence-electron chi connectivity index (χ3n) is 2.52. The van der Waals surface area contributed by atoms with Crippen molar-refractivity contribution in [2.75, 3.05) is 6.54 Å². The maximum atomic E-state index is 11.5. The highest BCUT2D eigenvalue weighted by molar-refractivity contribution is 6.35. The lowest BCUT2D eigenvalue weighted by atomic mass is 10.1. The Hall–Kier alpha value is -2.01. The molecule has 0 aliphatic rings. The number of amides is 1. The zero-order chi connectivity index (χ0) is 13.1. The number of carbonyl (C=O) groups excluding carboxylic acids is 1. The molecule has 0 aliphatic heterocycles. The highest BCUT2D eigenvalue weighted by Crippen LogP contribution is 2.26. The van der Waals surface area contributed by atoms with Crippen molar-refractivity contribution in [1.82, 2.24) is 10.3 Å². The van der Waals surface area contributed by atoms with Gasteiger partial charge in [0.1, 0.15) is 6.54 Å². The molecule has 2 rings (SSSR count). The van der Waals surface area contributed by atoms with Crippen LogP contribution < -0.4 is 5.32 Å². The van der Waals surface area contributed by atoms with E-state index in [2.05, 4.69) is 10.3 Å². The molecule has 1 aromatic carbocycles. The molecule has 1 heterocycles. The monoisotopic (exact) mass is 266 g/mol. The van der Waals surface area contributed by atoms with Crippen LogP contribution >= 0.6 is 11.6 Å². The van der Waals surface area contributed by atoms with Crippen molar-refractivity contribution >= 4 is 34.4 Å². The number of nitrogens with one attached hydrogen (secondary N) is 2. The molecule has 1 aromatic heterocycles. The number of rotatable bonds is 4. The van der Waals surface area contributed by atoms with Crippen LogP contribution in [-0.2, 0) is 16.0 Å². The van der Waals surface area contributed by atoms with Gasteiger partial charge in [0, 0.05) is 17.1 Å². The molecular weight excluding hydrogens is 256 g/mol. The minimum Gasteiger partial charge on any atom is -0.480 e. The van der Waals surface area contributed by atoms with Gasteiger partial charge in [0.15, 0.2) is 0 Å². The number of aromatic nitrogens is 1. The van der Waals surface area contributed by atoms with Gasteiger partial charge < -0.3 is 15.4 Å². The largest absolute Gasteiger partial charge is 0.480 e. The lowest BCUT2D eigenvalue weighted by Gasteiger charge is -2.02. The topological polar surface area (TPSA) is 82.2 Å². The Bertz CT molecular complexity index is 606. The second kappa shape index (κ2) is 5.10. The predicted molar refractivity (Wildman–Crippen MR) is 67.7 cm³/mol. The van der Waals surface area contributed by atoms with Crippen molar-refractivity contribution in [2.24, 2.45) is 0 Å². The number of carbonyl (C=O) groups is 2. The van der Waals surface area contributed by atoms with E-state index in [9.17, 15) is 9.59 Å². The van der Waals surface area contributed by atoms with E-state index in [0.717, 1.165) is 16.5 Å². The highest BCUT2D eigenvalue weighted by Gasteiger charge is 2.11. The van der Waals surface area contributed by atoms with Gasteiger partial charge in [0.25, 0.3) is 0 Å². The first-order valence-corrected chi connectivity index (χ1v) is 5.68. The van der Waals surface area contributed by atoms with Gasteiger partial charge in [-0.3, -0.25) is 9.59 Å². The van der Waals surface area contributed by atoms with E-state index in [-0.39, 0.29) is 18.9 Å². The van der Waals surface area contributed by atoms with E-state index in [1.54, 1.807) is 12.3 Å². The first-order chi connectivity index (χ1) is 8.58. The molecule has 2 aromatic rings. The fraction of sp³-hybridized carbons (Fsp3) is 0.167. The standard InChI is InChI=1S/C12H11ClN2O3/c13-8-2-1-3-9-12(8)7(5-14-9)4-10(16)15-6-11(17)18/h1-3,5,14H,4,6H2,(H,15,16)(H,17,18). The van der Waals surface area contributed by atoms with Crippen LogP contribution in [0.5, 0.6) is 0 Å². The van der Waals surface area contributed by atoms with Crippen LogP contribution in [0.4, 0.5) is 0 Å². The van der Waals surface area contributed by atoms with E-state index >= 15 is 0 Å². The molecule has 0 saturated carbocycles. The summed E-state index contributed by atoms with van der Waals surface area (Å²) >= 11 is 6.07. The molecule has 0 atom stereocenters. The number of carboxylic acids is 1. The van der Waals surface area contributed by atoms with E-state index in [1.165, 1.54) is 0 Å². The smallest absolute Gasteiger partial charge is 0.322 e. The minimum atomic E-state index is -1.07. The quantitative estimate of drug-likeness (QED) is 0.785. The van der Waals surface area contributed by atoms with E-state index in [0.29, 0.717) is 5.02 Å². The van der Waals surface area contributed by atoms with Crippen molar-refractivity contribution in [2.45, 2.75) is 6.42 Å². The average Bonchev–Trinajstić information content (AvgIpc) is 2.71. The lowest BCUT2D eigenvalue weighted by molar-refractivity contribution is -0.137. The summed E-state index contributed by atoms with van der Waals surface area (Å²) in [6.45, 7) is -0.380. The molecule has 6 heteroatoms. The summed E-state index contributed by atoms with van der Waals surface area (Å²) in [4.78, 5) is 24.9. The van der Waals surface area contributed by atoms with Crippen molar-refractivity contribution in [3.63, 3.8) is 0 Å². The molecule has 1 amide bonds. The molecule has 5 nitrogen and oxygen atoms in total. The fourth-order valence-corrected chi connectivity index (χ4v) is 2.05.